The van der Waals surface area contributed by atoms with Gasteiger partial charge in [0.25, 0.3) is 0 Å². The summed E-state index contributed by atoms with van der Waals surface area (Å²) in [6.45, 7) is 1.17. The van der Waals surface area contributed by atoms with Crippen molar-refractivity contribution in [1.29, 1.82) is 0 Å². The second-order valence-corrected chi connectivity index (χ2v) is 4.87. The summed E-state index contributed by atoms with van der Waals surface area (Å²) in [4.78, 5) is 0. The Morgan fingerprint density at radius 2 is 1.50 bits per heavy atom. The first kappa shape index (κ1) is 15.0. The Hall–Kier alpha value is -1.42. The molecule has 0 spiro atoms. The van der Waals surface area contributed by atoms with Crippen LogP contribution in [0, 0.1) is 0 Å². The molecule has 106 valence electrons. The molecule has 2 aromatic rings. The van der Waals surface area contributed by atoms with Crippen LogP contribution < -0.4 is 15.2 Å². The van der Waals surface area contributed by atoms with Crippen LogP contribution in [0.5, 0.6) is 11.5 Å². The molecule has 0 atom stereocenters. The lowest BCUT2D eigenvalue weighted by Crippen LogP contribution is -2.11. The van der Waals surface area contributed by atoms with Crippen LogP contribution in [0.2, 0.25) is 10.0 Å². The van der Waals surface area contributed by atoms with E-state index in [0.29, 0.717) is 35.6 Å². The second-order valence-electron chi connectivity index (χ2n) is 4.06. The van der Waals surface area contributed by atoms with Gasteiger partial charge in [-0.3, -0.25) is 0 Å². The molecule has 2 aromatic carbocycles. The van der Waals surface area contributed by atoms with Gasteiger partial charge in [0.1, 0.15) is 19.0 Å². The van der Waals surface area contributed by atoms with Gasteiger partial charge in [0.05, 0.1) is 10.0 Å². The van der Waals surface area contributed by atoms with Gasteiger partial charge in [0, 0.05) is 12.1 Å². The number of benzene rings is 2. The van der Waals surface area contributed by atoms with Crippen LogP contribution in [0.25, 0.3) is 0 Å². The first-order valence-corrected chi connectivity index (χ1v) is 6.95. The van der Waals surface area contributed by atoms with Crippen molar-refractivity contribution in [1.82, 2.24) is 0 Å². The topological polar surface area (TPSA) is 44.5 Å². The lowest BCUT2D eigenvalue weighted by Gasteiger charge is -2.12. The molecule has 2 rings (SSSR count). The Morgan fingerprint density at radius 3 is 2.20 bits per heavy atom. The number of halogens is 2. The van der Waals surface area contributed by atoms with Crippen molar-refractivity contribution < 1.29 is 9.47 Å². The van der Waals surface area contributed by atoms with E-state index in [4.69, 9.17) is 38.4 Å². The van der Waals surface area contributed by atoms with Gasteiger partial charge < -0.3 is 15.2 Å². The summed E-state index contributed by atoms with van der Waals surface area (Å²) in [6.07, 6.45) is 0. The van der Waals surface area contributed by atoms with E-state index in [2.05, 4.69) is 0 Å². The maximum Gasteiger partial charge on any atom is 0.156 e. The Morgan fingerprint density at radius 1 is 0.850 bits per heavy atom. The molecule has 0 aliphatic heterocycles. The minimum absolute atomic E-state index is 0.350. The summed E-state index contributed by atoms with van der Waals surface area (Å²) in [5, 5.41) is 0.972. The summed E-state index contributed by atoms with van der Waals surface area (Å²) in [5.41, 5.74) is 6.60. The molecule has 0 aromatic heterocycles. The lowest BCUT2D eigenvalue weighted by atomic mass is 10.2. The van der Waals surface area contributed by atoms with E-state index < -0.39 is 0 Å². The fraction of sp³-hybridized carbons (Fsp3) is 0.200. The zero-order valence-electron chi connectivity index (χ0n) is 10.8. The smallest absolute Gasteiger partial charge is 0.156 e. The molecule has 20 heavy (non-hydrogen) atoms. The van der Waals surface area contributed by atoms with E-state index in [-0.39, 0.29) is 0 Å². The summed E-state index contributed by atoms with van der Waals surface area (Å²) in [6, 6.07) is 12.9. The predicted octanol–water partition coefficient (Wildman–Crippen LogP) is 3.91. The highest BCUT2D eigenvalue weighted by molar-refractivity contribution is 6.37. The summed E-state index contributed by atoms with van der Waals surface area (Å²) in [7, 11) is 0. The van der Waals surface area contributed by atoms with Crippen LogP contribution >= 0.6 is 23.2 Å². The zero-order valence-corrected chi connectivity index (χ0v) is 12.3. The van der Waals surface area contributed by atoms with Crippen molar-refractivity contribution in [2.75, 3.05) is 13.2 Å². The molecule has 0 saturated carbocycles. The van der Waals surface area contributed by atoms with E-state index in [1.54, 1.807) is 18.2 Å². The van der Waals surface area contributed by atoms with Gasteiger partial charge in [-0.05, 0) is 18.2 Å². The number of rotatable bonds is 6. The normalized spacial score (nSPS) is 10.3. The van der Waals surface area contributed by atoms with E-state index in [1.807, 2.05) is 24.3 Å². The van der Waals surface area contributed by atoms with Crippen LogP contribution in [0.4, 0.5) is 0 Å². The van der Waals surface area contributed by atoms with Crippen molar-refractivity contribution in [3.63, 3.8) is 0 Å². The quantitative estimate of drug-likeness (QED) is 0.823. The SMILES string of the molecule is NCc1ccccc1OCCOc1c(Cl)cccc1Cl. The van der Waals surface area contributed by atoms with Gasteiger partial charge in [-0.25, -0.2) is 0 Å². The van der Waals surface area contributed by atoms with Crippen molar-refractivity contribution in [3.8, 4) is 11.5 Å². The maximum atomic E-state index is 6.01. The van der Waals surface area contributed by atoms with Crippen molar-refractivity contribution in [2.45, 2.75) is 6.54 Å². The monoisotopic (exact) mass is 311 g/mol. The molecule has 0 aliphatic carbocycles. The molecule has 0 heterocycles. The molecule has 2 N–H and O–H groups in total. The molecule has 0 bridgehead atoms. The number of para-hydroxylation sites is 2. The molecular formula is C15H15Cl2NO2. The van der Waals surface area contributed by atoms with Crippen LogP contribution in [0.3, 0.4) is 0 Å². The molecular weight excluding hydrogens is 297 g/mol. The average Bonchev–Trinajstić information content (AvgIpc) is 2.46. The van der Waals surface area contributed by atoms with E-state index in [0.717, 1.165) is 11.3 Å². The minimum Gasteiger partial charge on any atom is -0.490 e. The molecule has 0 fully saturated rings. The number of nitrogens with two attached hydrogens (primary N) is 1. The van der Waals surface area contributed by atoms with Crippen molar-refractivity contribution in [2.24, 2.45) is 5.73 Å². The van der Waals surface area contributed by atoms with E-state index in [1.165, 1.54) is 0 Å². The zero-order chi connectivity index (χ0) is 14.4. The van der Waals surface area contributed by atoms with Gasteiger partial charge in [-0.1, -0.05) is 47.5 Å². The molecule has 0 unspecified atom stereocenters. The predicted molar refractivity (Wildman–Crippen MR) is 81.8 cm³/mol. The van der Waals surface area contributed by atoms with Gasteiger partial charge in [0.15, 0.2) is 5.75 Å². The average molecular weight is 312 g/mol. The fourth-order valence-corrected chi connectivity index (χ4v) is 2.24. The maximum absolute atomic E-state index is 6.01. The van der Waals surface area contributed by atoms with Crippen LogP contribution in [0.1, 0.15) is 5.56 Å². The highest BCUT2D eigenvalue weighted by Crippen LogP contribution is 2.32. The summed E-state index contributed by atoms with van der Waals surface area (Å²) < 4.78 is 11.2. The first-order chi connectivity index (χ1) is 9.72. The minimum atomic E-state index is 0.350. The third kappa shape index (κ3) is 3.79. The lowest BCUT2D eigenvalue weighted by molar-refractivity contribution is 0.216. The van der Waals surface area contributed by atoms with Crippen LogP contribution in [-0.4, -0.2) is 13.2 Å². The Balaban J connectivity index is 1.88. The fourth-order valence-electron chi connectivity index (χ4n) is 1.73. The molecule has 5 heteroatoms. The number of hydrogen-bond donors (Lipinski definition) is 1. The molecule has 0 amide bonds. The number of hydrogen-bond acceptors (Lipinski definition) is 3. The van der Waals surface area contributed by atoms with Gasteiger partial charge in [-0.2, -0.15) is 0 Å². The number of ether oxygens (including phenoxy) is 2. The van der Waals surface area contributed by atoms with Crippen LogP contribution in [-0.2, 0) is 6.54 Å². The van der Waals surface area contributed by atoms with Gasteiger partial charge >= 0.3 is 0 Å². The van der Waals surface area contributed by atoms with Gasteiger partial charge in [0.2, 0.25) is 0 Å². The third-order valence-electron chi connectivity index (χ3n) is 2.70. The molecule has 0 saturated heterocycles. The Bertz CT molecular complexity index is 555. The second kappa shape index (κ2) is 7.39. The van der Waals surface area contributed by atoms with Gasteiger partial charge in [-0.15, -0.1) is 0 Å². The van der Waals surface area contributed by atoms with Crippen molar-refractivity contribution >= 4 is 23.2 Å². The van der Waals surface area contributed by atoms with E-state index >= 15 is 0 Å². The molecule has 0 radical (unpaired) electrons. The largest absolute Gasteiger partial charge is 0.490 e. The molecule has 0 aliphatic rings. The summed E-state index contributed by atoms with van der Waals surface area (Å²) >= 11 is 12.0. The molecule has 3 nitrogen and oxygen atoms in total. The standard InChI is InChI=1S/C15H15Cl2NO2/c16-12-5-3-6-13(17)15(12)20-9-8-19-14-7-2-1-4-11(14)10-18/h1-7H,8-10,18H2. The highest BCUT2D eigenvalue weighted by atomic mass is 35.5. The Kier molecular flexibility index (Phi) is 5.53. The first-order valence-electron chi connectivity index (χ1n) is 6.20. The Labute approximate surface area is 128 Å². The third-order valence-corrected chi connectivity index (χ3v) is 3.29. The summed E-state index contributed by atoms with van der Waals surface area (Å²) in [5.74, 6) is 1.25. The van der Waals surface area contributed by atoms with Crippen molar-refractivity contribution in [3.05, 3.63) is 58.1 Å². The van der Waals surface area contributed by atoms with Crippen LogP contribution in [0.15, 0.2) is 42.5 Å². The highest BCUT2D eigenvalue weighted by Gasteiger charge is 2.06. The van der Waals surface area contributed by atoms with E-state index in [9.17, 15) is 0 Å².